The van der Waals surface area contributed by atoms with Crippen molar-refractivity contribution in [3.05, 3.63) is 21.9 Å². The molecule has 0 saturated carbocycles. The molecule has 0 aromatic carbocycles. The summed E-state index contributed by atoms with van der Waals surface area (Å²) in [6.45, 7) is 6.70. The number of aryl methyl sites for hydroxylation is 1. The lowest BCUT2D eigenvalue weighted by atomic mass is 10.1. The average molecular weight is 224 g/mol. The van der Waals surface area contributed by atoms with Crippen LogP contribution >= 0.6 is 11.3 Å². The Morgan fingerprint density at radius 1 is 1.60 bits per heavy atom. The first-order chi connectivity index (χ1) is 7.20. The highest BCUT2D eigenvalue weighted by molar-refractivity contribution is 7.08. The quantitative estimate of drug-likeness (QED) is 0.784. The lowest BCUT2D eigenvalue weighted by Gasteiger charge is -2.34. The van der Waals surface area contributed by atoms with Crippen molar-refractivity contribution in [3.63, 3.8) is 0 Å². The van der Waals surface area contributed by atoms with Gasteiger partial charge in [-0.2, -0.15) is 11.3 Å². The van der Waals surface area contributed by atoms with E-state index < -0.39 is 0 Å². The summed E-state index contributed by atoms with van der Waals surface area (Å²) in [5.74, 6) is 0.183. The van der Waals surface area contributed by atoms with E-state index in [9.17, 15) is 4.79 Å². The molecule has 1 amide bonds. The van der Waals surface area contributed by atoms with Crippen LogP contribution in [0, 0.1) is 6.92 Å². The van der Waals surface area contributed by atoms with Gasteiger partial charge in [0, 0.05) is 31.1 Å². The van der Waals surface area contributed by atoms with Gasteiger partial charge in [-0.1, -0.05) is 0 Å². The molecule has 0 radical (unpaired) electrons. The van der Waals surface area contributed by atoms with E-state index in [1.165, 1.54) is 0 Å². The number of hydrogen-bond donors (Lipinski definition) is 1. The second-order valence-corrected chi connectivity index (χ2v) is 4.76. The maximum absolute atomic E-state index is 12.2. The van der Waals surface area contributed by atoms with Gasteiger partial charge in [0.1, 0.15) is 0 Å². The number of carbonyl (C=O) groups is 1. The van der Waals surface area contributed by atoms with Gasteiger partial charge >= 0.3 is 0 Å². The van der Waals surface area contributed by atoms with Crippen molar-refractivity contribution >= 4 is 17.2 Å². The Bertz CT molecular complexity index is 361. The molecule has 2 rings (SSSR count). The van der Waals surface area contributed by atoms with Crippen LogP contribution in [0.2, 0.25) is 0 Å². The molecule has 0 aliphatic carbocycles. The Balaban J connectivity index is 2.17. The summed E-state index contributed by atoms with van der Waals surface area (Å²) < 4.78 is 0. The molecule has 0 bridgehead atoms. The fourth-order valence-corrected chi connectivity index (χ4v) is 2.70. The number of hydrogen-bond acceptors (Lipinski definition) is 3. The topological polar surface area (TPSA) is 32.3 Å². The van der Waals surface area contributed by atoms with E-state index in [4.69, 9.17) is 0 Å². The molecule has 3 nitrogen and oxygen atoms in total. The monoisotopic (exact) mass is 224 g/mol. The Labute approximate surface area is 94.1 Å². The van der Waals surface area contributed by atoms with Crippen molar-refractivity contribution in [2.24, 2.45) is 0 Å². The fourth-order valence-electron chi connectivity index (χ4n) is 1.88. The minimum Gasteiger partial charge on any atom is -0.333 e. The van der Waals surface area contributed by atoms with Crippen LogP contribution < -0.4 is 5.32 Å². The van der Waals surface area contributed by atoms with Gasteiger partial charge in [-0.3, -0.25) is 4.79 Å². The molecule has 1 N–H and O–H groups in total. The number of nitrogens with zero attached hydrogens (tertiary/aromatic N) is 1. The lowest BCUT2D eigenvalue weighted by molar-refractivity contribution is 0.0655. The maximum atomic E-state index is 12.2. The predicted octanol–water partition coefficient (Wildman–Crippen LogP) is 1.49. The first-order valence-corrected chi connectivity index (χ1v) is 6.19. The molecule has 1 aromatic heterocycles. The van der Waals surface area contributed by atoms with Gasteiger partial charge in [0.05, 0.1) is 5.56 Å². The minimum absolute atomic E-state index is 0.183. The molecule has 2 heterocycles. The van der Waals surface area contributed by atoms with Crippen LogP contribution in [0.15, 0.2) is 10.8 Å². The van der Waals surface area contributed by atoms with Crippen LogP contribution in [-0.4, -0.2) is 36.5 Å². The van der Waals surface area contributed by atoms with E-state index in [2.05, 4.69) is 12.2 Å². The van der Waals surface area contributed by atoms with E-state index in [0.717, 1.165) is 30.8 Å². The smallest absolute Gasteiger partial charge is 0.255 e. The number of thiophene rings is 1. The maximum Gasteiger partial charge on any atom is 0.255 e. The molecule has 1 aliphatic heterocycles. The molecule has 1 aromatic rings. The van der Waals surface area contributed by atoms with Crippen LogP contribution in [0.3, 0.4) is 0 Å². The van der Waals surface area contributed by atoms with E-state index in [1.807, 2.05) is 22.6 Å². The van der Waals surface area contributed by atoms with Crippen molar-refractivity contribution in [1.82, 2.24) is 10.2 Å². The summed E-state index contributed by atoms with van der Waals surface area (Å²) in [7, 11) is 0. The summed E-state index contributed by atoms with van der Waals surface area (Å²) in [4.78, 5) is 14.2. The molecular formula is C11H16N2OS. The van der Waals surface area contributed by atoms with Gasteiger partial charge in [-0.15, -0.1) is 0 Å². The van der Waals surface area contributed by atoms with E-state index in [1.54, 1.807) is 11.3 Å². The van der Waals surface area contributed by atoms with Gasteiger partial charge in [0.2, 0.25) is 0 Å². The second-order valence-electron chi connectivity index (χ2n) is 4.02. The van der Waals surface area contributed by atoms with Crippen LogP contribution in [-0.2, 0) is 0 Å². The van der Waals surface area contributed by atoms with Gasteiger partial charge in [0.25, 0.3) is 5.91 Å². The Kier molecular flexibility index (Phi) is 3.07. The zero-order chi connectivity index (χ0) is 10.8. The molecule has 1 fully saturated rings. The van der Waals surface area contributed by atoms with E-state index >= 15 is 0 Å². The third kappa shape index (κ3) is 2.06. The van der Waals surface area contributed by atoms with Crippen molar-refractivity contribution in [2.45, 2.75) is 19.9 Å². The number of rotatable bonds is 1. The standard InChI is InChI=1S/C11H16N2OS/c1-8-6-15-7-10(8)11(14)13-4-3-12-5-9(13)2/h6-7,9,12H,3-5H2,1-2H3. The zero-order valence-electron chi connectivity index (χ0n) is 9.12. The number of carbonyl (C=O) groups excluding carboxylic acids is 1. The normalized spacial score (nSPS) is 21.7. The van der Waals surface area contributed by atoms with Gasteiger partial charge in [-0.05, 0) is 24.8 Å². The molecule has 0 spiro atoms. The Hall–Kier alpha value is -0.870. The number of nitrogens with one attached hydrogen (secondary N) is 1. The van der Waals surface area contributed by atoms with Crippen LogP contribution in [0.1, 0.15) is 22.8 Å². The van der Waals surface area contributed by atoms with E-state index in [-0.39, 0.29) is 5.91 Å². The molecule has 1 saturated heterocycles. The van der Waals surface area contributed by atoms with Crippen molar-refractivity contribution in [3.8, 4) is 0 Å². The number of piperazine rings is 1. The van der Waals surface area contributed by atoms with E-state index in [0.29, 0.717) is 6.04 Å². The first-order valence-electron chi connectivity index (χ1n) is 5.24. The van der Waals surface area contributed by atoms with Crippen LogP contribution in [0.5, 0.6) is 0 Å². The number of amides is 1. The lowest BCUT2D eigenvalue weighted by Crippen LogP contribution is -2.52. The Morgan fingerprint density at radius 2 is 2.40 bits per heavy atom. The van der Waals surface area contributed by atoms with Crippen LogP contribution in [0.4, 0.5) is 0 Å². The minimum atomic E-state index is 0.183. The Morgan fingerprint density at radius 3 is 3.00 bits per heavy atom. The van der Waals surface area contributed by atoms with Gasteiger partial charge in [0.15, 0.2) is 0 Å². The van der Waals surface area contributed by atoms with Gasteiger partial charge < -0.3 is 10.2 Å². The molecule has 4 heteroatoms. The molecule has 1 atom stereocenters. The molecular weight excluding hydrogens is 208 g/mol. The third-order valence-electron chi connectivity index (χ3n) is 2.85. The average Bonchev–Trinajstić information content (AvgIpc) is 2.64. The summed E-state index contributed by atoms with van der Waals surface area (Å²) in [5, 5.41) is 7.27. The predicted molar refractivity (Wildman–Crippen MR) is 62.4 cm³/mol. The summed E-state index contributed by atoms with van der Waals surface area (Å²) in [6.07, 6.45) is 0. The molecule has 1 aliphatic rings. The third-order valence-corrected chi connectivity index (χ3v) is 3.71. The summed E-state index contributed by atoms with van der Waals surface area (Å²) in [5.41, 5.74) is 1.96. The fraction of sp³-hybridized carbons (Fsp3) is 0.545. The van der Waals surface area contributed by atoms with Gasteiger partial charge in [-0.25, -0.2) is 0 Å². The zero-order valence-corrected chi connectivity index (χ0v) is 9.93. The van der Waals surface area contributed by atoms with Crippen LogP contribution in [0.25, 0.3) is 0 Å². The largest absolute Gasteiger partial charge is 0.333 e. The van der Waals surface area contributed by atoms with Crippen molar-refractivity contribution in [2.75, 3.05) is 19.6 Å². The highest BCUT2D eigenvalue weighted by atomic mass is 32.1. The molecule has 82 valence electrons. The molecule has 15 heavy (non-hydrogen) atoms. The second kappa shape index (κ2) is 4.33. The summed E-state index contributed by atoms with van der Waals surface area (Å²) >= 11 is 1.60. The highest BCUT2D eigenvalue weighted by Crippen LogP contribution is 2.17. The summed E-state index contributed by atoms with van der Waals surface area (Å²) in [6, 6.07) is 0.297. The first kappa shape index (κ1) is 10.6. The highest BCUT2D eigenvalue weighted by Gasteiger charge is 2.25. The van der Waals surface area contributed by atoms with Crippen molar-refractivity contribution in [1.29, 1.82) is 0 Å². The SMILES string of the molecule is Cc1cscc1C(=O)N1CCNCC1C. The molecule has 1 unspecified atom stereocenters. The van der Waals surface area contributed by atoms with Crippen molar-refractivity contribution < 1.29 is 4.79 Å².